The molecule has 0 spiro atoms. The van der Waals surface area contributed by atoms with Gasteiger partial charge in [0.25, 0.3) is 0 Å². The van der Waals surface area contributed by atoms with Gasteiger partial charge in [0, 0.05) is 10.6 Å². The fourth-order valence-electron chi connectivity index (χ4n) is 2.32. The lowest BCUT2D eigenvalue weighted by Crippen LogP contribution is -1.83. The monoisotopic (exact) mass is 407 g/mol. The van der Waals surface area contributed by atoms with Gasteiger partial charge >= 0.3 is 0 Å². The predicted molar refractivity (Wildman–Crippen MR) is 104 cm³/mol. The third kappa shape index (κ3) is 3.86. The maximum atomic E-state index is 9.45. The van der Waals surface area contributed by atoms with Crippen LogP contribution in [0.15, 0.2) is 52.9 Å². The Morgan fingerprint density at radius 3 is 2.28 bits per heavy atom. The van der Waals surface area contributed by atoms with E-state index in [1.165, 1.54) is 0 Å². The summed E-state index contributed by atoms with van der Waals surface area (Å²) in [6, 6.07) is 15.8. The lowest BCUT2D eigenvalue weighted by molar-refractivity contribution is 0.572. The molecule has 6 heteroatoms. The van der Waals surface area contributed by atoms with Gasteiger partial charge in [-0.05, 0) is 42.5 Å². The molecule has 25 heavy (non-hydrogen) atoms. The predicted octanol–water partition coefficient (Wildman–Crippen LogP) is 7.62. The molecule has 1 aromatic heterocycles. The summed E-state index contributed by atoms with van der Waals surface area (Å²) in [6.07, 6.45) is 1.60. The van der Waals surface area contributed by atoms with Gasteiger partial charge < -0.3 is 4.42 Å². The van der Waals surface area contributed by atoms with Crippen LogP contribution in [0.5, 0.6) is 0 Å². The van der Waals surface area contributed by atoms with Gasteiger partial charge in [0.2, 0.25) is 0 Å². The maximum Gasteiger partial charge on any atom is 0.137 e. The van der Waals surface area contributed by atoms with Gasteiger partial charge in [0.1, 0.15) is 11.5 Å². The Morgan fingerprint density at radius 2 is 1.64 bits per heavy atom. The van der Waals surface area contributed by atoms with Crippen LogP contribution in [0, 0.1) is 11.3 Å². The second kappa shape index (κ2) is 7.56. The molecular weight excluding hydrogens is 400 g/mol. The Hall–Kier alpha value is -1.89. The second-order valence-electron chi connectivity index (χ2n) is 5.09. The van der Waals surface area contributed by atoms with E-state index in [4.69, 9.17) is 50.8 Å². The number of hydrogen-bond acceptors (Lipinski definition) is 2. The lowest BCUT2D eigenvalue weighted by atomic mass is 10.1. The van der Waals surface area contributed by atoms with E-state index in [9.17, 15) is 5.26 Å². The molecule has 0 unspecified atom stereocenters. The summed E-state index contributed by atoms with van der Waals surface area (Å²) in [5.74, 6) is 0.995. The molecule has 0 saturated carbocycles. The van der Waals surface area contributed by atoms with E-state index in [1.54, 1.807) is 54.6 Å². The Balaban J connectivity index is 2.02. The van der Waals surface area contributed by atoms with Crippen LogP contribution in [-0.4, -0.2) is 0 Å². The number of hydrogen-bond donors (Lipinski definition) is 0. The molecule has 0 aliphatic rings. The van der Waals surface area contributed by atoms with Gasteiger partial charge in [-0.1, -0.05) is 58.5 Å². The number of halogens is 4. The van der Waals surface area contributed by atoms with Crippen molar-refractivity contribution >= 4 is 58.1 Å². The minimum atomic E-state index is 0.354. The first-order valence-electron chi connectivity index (χ1n) is 7.11. The maximum absolute atomic E-state index is 9.45. The minimum Gasteiger partial charge on any atom is -0.457 e. The zero-order chi connectivity index (χ0) is 18.0. The van der Waals surface area contributed by atoms with E-state index in [0.717, 1.165) is 0 Å². The highest BCUT2D eigenvalue weighted by atomic mass is 35.5. The van der Waals surface area contributed by atoms with Crippen molar-refractivity contribution in [1.29, 1.82) is 5.26 Å². The topological polar surface area (TPSA) is 36.9 Å². The first-order chi connectivity index (χ1) is 12.0. The zero-order valence-corrected chi connectivity index (χ0v) is 15.6. The van der Waals surface area contributed by atoms with Crippen LogP contribution in [0.3, 0.4) is 0 Å². The molecule has 0 aliphatic carbocycles. The number of furan rings is 1. The number of nitrogens with zero attached hydrogens (tertiary/aromatic N) is 1. The van der Waals surface area contributed by atoms with Crippen LogP contribution in [-0.2, 0) is 0 Å². The van der Waals surface area contributed by atoms with Crippen molar-refractivity contribution in [1.82, 2.24) is 0 Å². The zero-order valence-electron chi connectivity index (χ0n) is 12.6. The summed E-state index contributed by atoms with van der Waals surface area (Å²) in [6.45, 7) is 0. The van der Waals surface area contributed by atoms with E-state index in [0.29, 0.717) is 48.3 Å². The molecule has 0 bridgehead atoms. The molecule has 0 amide bonds. The smallest absolute Gasteiger partial charge is 0.137 e. The summed E-state index contributed by atoms with van der Waals surface area (Å²) in [7, 11) is 0. The van der Waals surface area contributed by atoms with Crippen LogP contribution < -0.4 is 0 Å². The first kappa shape index (κ1) is 17.9. The average Bonchev–Trinajstić information content (AvgIpc) is 3.01. The van der Waals surface area contributed by atoms with E-state index in [1.807, 2.05) is 0 Å². The Bertz CT molecular complexity index is 994. The van der Waals surface area contributed by atoms with Gasteiger partial charge in [-0.3, -0.25) is 0 Å². The highest BCUT2D eigenvalue weighted by Crippen LogP contribution is 2.36. The summed E-state index contributed by atoms with van der Waals surface area (Å²) in [4.78, 5) is 0. The van der Waals surface area contributed by atoms with E-state index >= 15 is 0 Å². The molecule has 2 aromatic carbocycles. The Kier molecular flexibility index (Phi) is 5.42. The molecular formula is C19H9Cl4NO. The van der Waals surface area contributed by atoms with Crippen molar-refractivity contribution < 1.29 is 4.42 Å². The summed E-state index contributed by atoms with van der Waals surface area (Å²) in [5, 5.41) is 11.3. The average molecular weight is 409 g/mol. The molecule has 1 heterocycles. The summed E-state index contributed by atoms with van der Waals surface area (Å²) in [5.41, 5.74) is 1.53. The van der Waals surface area contributed by atoms with E-state index in [2.05, 4.69) is 6.07 Å². The SMILES string of the molecule is N#C/C(=C\c1ccc(-c2c(Cl)cccc2Cl)o1)c1ccc(Cl)cc1Cl. The number of allylic oxidation sites excluding steroid dienone is 1. The van der Waals surface area contributed by atoms with Crippen LogP contribution in [0.1, 0.15) is 11.3 Å². The summed E-state index contributed by atoms with van der Waals surface area (Å²) < 4.78 is 5.78. The van der Waals surface area contributed by atoms with Gasteiger partial charge in [-0.25, -0.2) is 0 Å². The molecule has 0 N–H and O–H groups in total. The third-order valence-electron chi connectivity index (χ3n) is 3.46. The Labute approximate surface area is 164 Å². The van der Waals surface area contributed by atoms with Crippen molar-refractivity contribution in [2.24, 2.45) is 0 Å². The van der Waals surface area contributed by atoms with Crippen LogP contribution in [0.4, 0.5) is 0 Å². The molecule has 124 valence electrons. The molecule has 0 aliphatic heterocycles. The molecule has 0 atom stereocenters. The van der Waals surface area contributed by atoms with Crippen LogP contribution >= 0.6 is 46.4 Å². The minimum absolute atomic E-state index is 0.354. The van der Waals surface area contributed by atoms with E-state index < -0.39 is 0 Å². The van der Waals surface area contributed by atoms with Gasteiger partial charge in [-0.15, -0.1) is 0 Å². The van der Waals surface area contributed by atoms with E-state index in [-0.39, 0.29) is 0 Å². The fraction of sp³-hybridized carbons (Fsp3) is 0. The van der Waals surface area contributed by atoms with Crippen LogP contribution in [0.2, 0.25) is 20.1 Å². The van der Waals surface area contributed by atoms with Crippen molar-refractivity contribution in [2.75, 3.05) is 0 Å². The standard InChI is InChI=1S/C19H9Cl4NO/c20-12-4-6-14(17(23)9-12)11(10-24)8-13-5-7-18(25-13)19-15(21)2-1-3-16(19)22/h1-9H/b11-8+. The number of nitriles is 1. The van der Waals surface area contributed by atoms with Crippen molar-refractivity contribution in [3.8, 4) is 17.4 Å². The number of rotatable bonds is 3. The second-order valence-corrected chi connectivity index (χ2v) is 6.75. The van der Waals surface area contributed by atoms with Gasteiger partial charge in [-0.2, -0.15) is 5.26 Å². The first-order valence-corrected chi connectivity index (χ1v) is 8.62. The highest BCUT2D eigenvalue weighted by molar-refractivity contribution is 6.39. The lowest BCUT2D eigenvalue weighted by Gasteiger charge is -2.04. The molecule has 0 saturated heterocycles. The van der Waals surface area contributed by atoms with Crippen LogP contribution in [0.25, 0.3) is 23.0 Å². The summed E-state index contributed by atoms with van der Waals surface area (Å²) >= 11 is 24.5. The van der Waals surface area contributed by atoms with Gasteiger partial charge in [0.05, 0.1) is 32.3 Å². The van der Waals surface area contributed by atoms with Crippen molar-refractivity contribution in [2.45, 2.75) is 0 Å². The van der Waals surface area contributed by atoms with Crippen molar-refractivity contribution in [3.63, 3.8) is 0 Å². The molecule has 2 nitrogen and oxygen atoms in total. The van der Waals surface area contributed by atoms with Crippen molar-refractivity contribution in [3.05, 3.63) is 79.9 Å². The third-order valence-corrected chi connectivity index (χ3v) is 4.64. The molecule has 3 rings (SSSR count). The molecule has 0 radical (unpaired) electrons. The fourth-order valence-corrected chi connectivity index (χ4v) is 3.41. The molecule has 0 fully saturated rings. The molecule has 3 aromatic rings. The largest absolute Gasteiger partial charge is 0.457 e. The Morgan fingerprint density at radius 1 is 0.920 bits per heavy atom. The number of benzene rings is 2. The quantitative estimate of drug-likeness (QED) is 0.417. The normalized spacial score (nSPS) is 11.4. The highest BCUT2D eigenvalue weighted by Gasteiger charge is 2.13. The van der Waals surface area contributed by atoms with Gasteiger partial charge in [0.15, 0.2) is 0 Å².